The SMILES string of the molecule is CCCCCCCCc1ccc(N(Cc2c[nH]nn2)c2ccccc2)cc1. The molecule has 3 aromatic rings. The van der Waals surface area contributed by atoms with Gasteiger partial charge in [0.05, 0.1) is 6.54 Å². The van der Waals surface area contributed by atoms with Gasteiger partial charge in [0.1, 0.15) is 5.69 Å². The zero-order valence-electron chi connectivity index (χ0n) is 16.3. The first-order valence-electron chi connectivity index (χ1n) is 10.1. The van der Waals surface area contributed by atoms with E-state index in [0.29, 0.717) is 6.54 Å². The Morgan fingerprint density at radius 2 is 1.52 bits per heavy atom. The van der Waals surface area contributed by atoms with E-state index in [1.165, 1.54) is 56.2 Å². The second kappa shape index (κ2) is 10.5. The topological polar surface area (TPSA) is 44.8 Å². The Hall–Kier alpha value is -2.62. The van der Waals surface area contributed by atoms with Gasteiger partial charge in [-0.3, -0.25) is 5.10 Å². The molecule has 0 bridgehead atoms. The molecule has 1 N–H and O–H groups in total. The summed E-state index contributed by atoms with van der Waals surface area (Å²) in [5, 5.41) is 10.8. The lowest BCUT2D eigenvalue weighted by atomic mass is 10.0. The maximum atomic E-state index is 4.15. The van der Waals surface area contributed by atoms with Gasteiger partial charge in [0.25, 0.3) is 0 Å². The molecule has 0 saturated carbocycles. The van der Waals surface area contributed by atoms with E-state index in [4.69, 9.17) is 0 Å². The molecule has 2 aromatic carbocycles. The van der Waals surface area contributed by atoms with Crippen LogP contribution in [0.2, 0.25) is 0 Å². The van der Waals surface area contributed by atoms with Crippen LogP contribution in [-0.2, 0) is 13.0 Å². The summed E-state index contributed by atoms with van der Waals surface area (Å²) in [5.41, 5.74) is 4.68. The van der Waals surface area contributed by atoms with Crippen molar-refractivity contribution in [3.63, 3.8) is 0 Å². The van der Waals surface area contributed by atoms with Gasteiger partial charge in [0.2, 0.25) is 0 Å². The molecule has 1 heterocycles. The fourth-order valence-corrected chi connectivity index (χ4v) is 3.36. The first-order valence-corrected chi connectivity index (χ1v) is 10.1. The monoisotopic (exact) mass is 362 g/mol. The number of nitrogens with zero attached hydrogens (tertiary/aromatic N) is 3. The number of H-pyrrole nitrogens is 1. The Balaban J connectivity index is 1.63. The van der Waals surface area contributed by atoms with E-state index in [-0.39, 0.29) is 0 Å². The number of aryl methyl sites for hydroxylation is 1. The molecular weight excluding hydrogens is 332 g/mol. The van der Waals surface area contributed by atoms with Crippen LogP contribution in [0.25, 0.3) is 0 Å². The molecule has 0 aliphatic carbocycles. The smallest absolute Gasteiger partial charge is 0.102 e. The Kier molecular flexibility index (Phi) is 7.45. The highest BCUT2D eigenvalue weighted by Gasteiger charge is 2.11. The van der Waals surface area contributed by atoms with E-state index in [2.05, 4.69) is 75.8 Å². The third-order valence-electron chi connectivity index (χ3n) is 4.92. The van der Waals surface area contributed by atoms with Crippen LogP contribution in [0.4, 0.5) is 11.4 Å². The van der Waals surface area contributed by atoms with Crippen molar-refractivity contribution in [1.82, 2.24) is 15.4 Å². The van der Waals surface area contributed by atoms with Crippen molar-refractivity contribution in [3.8, 4) is 0 Å². The summed E-state index contributed by atoms with van der Waals surface area (Å²) in [6.07, 6.45) is 11.1. The number of aromatic amines is 1. The third-order valence-corrected chi connectivity index (χ3v) is 4.92. The maximum absolute atomic E-state index is 4.15. The molecular formula is C23H30N4. The number of nitrogens with one attached hydrogen (secondary N) is 1. The average molecular weight is 363 g/mol. The van der Waals surface area contributed by atoms with Gasteiger partial charge in [-0.2, -0.15) is 0 Å². The number of anilines is 2. The Bertz CT molecular complexity index is 751. The van der Waals surface area contributed by atoms with E-state index < -0.39 is 0 Å². The van der Waals surface area contributed by atoms with E-state index in [1.54, 1.807) is 0 Å². The summed E-state index contributed by atoms with van der Waals surface area (Å²) in [4.78, 5) is 2.27. The van der Waals surface area contributed by atoms with Crippen molar-refractivity contribution in [2.24, 2.45) is 0 Å². The van der Waals surface area contributed by atoms with Crippen LogP contribution in [0.3, 0.4) is 0 Å². The van der Waals surface area contributed by atoms with Crippen LogP contribution < -0.4 is 4.90 Å². The molecule has 0 radical (unpaired) electrons. The molecule has 1 aromatic heterocycles. The van der Waals surface area contributed by atoms with Crippen molar-refractivity contribution in [2.45, 2.75) is 58.4 Å². The molecule has 4 heteroatoms. The molecule has 4 nitrogen and oxygen atoms in total. The van der Waals surface area contributed by atoms with Crippen LogP contribution >= 0.6 is 0 Å². The summed E-state index contributed by atoms with van der Waals surface area (Å²) in [7, 11) is 0. The molecule has 0 spiro atoms. The summed E-state index contributed by atoms with van der Waals surface area (Å²) < 4.78 is 0. The lowest BCUT2D eigenvalue weighted by molar-refractivity contribution is 0.607. The number of para-hydroxylation sites is 1. The first kappa shape index (κ1) is 19.2. The second-order valence-corrected chi connectivity index (χ2v) is 7.07. The Morgan fingerprint density at radius 3 is 2.22 bits per heavy atom. The zero-order valence-corrected chi connectivity index (χ0v) is 16.3. The molecule has 0 atom stereocenters. The highest BCUT2D eigenvalue weighted by atomic mass is 15.3. The number of aromatic nitrogens is 3. The highest BCUT2D eigenvalue weighted by molar-refractivity contribution is 5.63. The Morgan fingerprint density at radius 1 is 0.815 bits per heavy atom. The standard InChI is InChI=1S/C23H30N4/c1-2-3-4-5-6-8-11-20-14-16-23(17-15-20)27(19-21-18-24-26-25-21)22-12-9-7-10-13-22/h7,9-10,12-18H,2-6,8,11,19H2,1H3,(H,24,25,26). The van der Waals surface area contributed by atoms with Crippen molar-refractivity contribution < 1.29 is 0 Å². The third kappa shape index (κ3) is 5.95. The minimum Gasteiger partial charge on any atom is -0.335 e. The van der Waals surface area contributed by atoms with Crippen LogP contribution in [0, 0.1) is 0 Å². The van der Waals surface area contributed by atoms with Gasteiger partial charge in [0, 0.05) is 17.6 Å². The summed E-state index contributed by atoms with van der Waals surface area (Å²) in [6, 6.07) is 19.4. The van der Waals surface area contributed by atoms with Gasteiger partial charge in [-0.05, 0) is 42.7 Å². The molecule has 0 amide bonds. The van der Waals surface area contributed by atoms with Crippen molar-refractivity contribution in [2.75, 3.05) is 4.90 Å². The minimum atomic E-state index is 0.692. The van der Waals surface area contributed by atoms with Crippen LogP contribution in [-0.4, -0.2) is 15.4 Å². The van der Waals surface area contributed by atoms with Gasteiger partial charge in [-0.25, -0.2) is 0 Å². The minimum absolute atomic E-state index is 0.692. The molecule has 27 heavy (non-hydrogen) atoms. The van der Waals surface area contributed by atoms with Gasteiger partial charge >= 0.3 is 0 Å². The average Bonchev–Trinajstić information content (AvgIpc) is 3.23. The van der Waals surface area contributed by atoms with E-state index in [0.717, 1.165) is 11.4 Å². The lowest BCUT2D eigenvalue weighted by Gasteiger charge is -2.24. The molecule has 0 unspecified atom stereocenters. The van der Waals surface area contributed by atoms with E-state index >= 15 is 0 Å². The fraction of sp³-hybridized carbons (Fsp3) is 0.391. The number of rotatable bonds is 11. The van der Waals surface area contributed by atoms with Crippen LogP contribution in [0.5, 0.6) is 0 Å². The van der Waals surface area contributed by atoms with Gasteiger partial charge in [-0.15, -0.1) is 5.10 Å². The number of unbranched alkanes of at least 4 members (excludes halogenated alkanes) is 5. The van der Waals surface area contributed by atoms with Crippen LogP contribution in [0.1, 0.15) is 56.7 Å². The maximum Gasteiger partial charge on any atom is 0.102 e. The van der Waals surface area contributed by atoms with Gasteiger partial charge < -0.3 is 4.90 Å². The number of hydrogen-bond acceptors (Lipinski definition) is 3. The highest BCUT2D eigenvalue weighted by Crippen LogP contribution is 2.27. The largest absolute Gasteiger partial charge is 0.335 e. The number of benzene rings is 2. The van der Waals surface area contributed by atoms with E-state index in [1.807, 2.05) is 12.3 Å². The summed E-state index contributed by atoms with van der Waals surface area (Å²) in [5.74, 6) is 0. The fourth-order valence-electron chi connectivity index (χ4n) is 3.36. The number of hydrogen-bond donors (Lipinski definition) is 1. The second-order valence-electron chi connectivity index (χ2n) is 7.07. The summed E-state index contributed by atoms with van der Waals surface area (Å²) in [6.45, 7) is 2.96. The molecule has 142 valence electrons. The molecule has 0 aliphatic rings. The van der Waals surface area contributed by atoms with Gasteiger partial charge in [0.15, 0.2) is 0 Å². The van der Waals surface area contributed by atoms with Crippen molar-refractivity contribution in [3.05, 3.63) is 72.1 Å². The normalized spacial score (nSPS) is 10.9. The molecule has 0 fully saturated rings. The van der Waals surface area contributed by atoms with Crippen LogP contribution in [0.15, 0.2) is 60.8 Å². The predicted octanol–water partition coefficient (Wildman–Crippen LogP) is 6.05. The molecule has 0 saturated heterocycles. The van der Waals surface area contributed by atoms with E-state index in [9.17, 15) is 0 Å². The summed E-state index contributed by atoms with van der Waals surface area (Å²) >= 11 is 0. The molecule has 3 rings (SSSR count). The molecule has 0 aliphatic heterocycles. The predicted molar refractivity (Wildman–Crippen MR) is 112 cm³/mol. The quantitative estimate of drug-likeness (QED) is 0.423. The van der Waals surface area contributed by atoms with Gasteiger partial charge in [-0.1, -0.05) is 74.6 Å². The lowest BCUT2D eigenvalue weighted by Crippen LogP contribution is -2.16. The van der Waals surface area contributed by atoms with Crippen molar-refractivity contribution >= 4 is 11.4 Å². The van der Waals surface area contributed by atoms with Crippen molar-refractivity contribution in [1.29, 1.82) is 0 Å². The Labute approximate surface area is 162 Å². The first-order chi connectivity index (χ1) is 13.4. The zero-order chi connectivity index (χ0) is 18.7.